The third kappa shape index (κ3) is 3.81. The summed E-state index contributed by atoms with van der Waals surface area (Å²) in [6.45, 7) is 2.41. The molecule has 0 saturated carbocycles. The van der Waals surface area contributed by atoms with Crippen molar-refractivity contribution in [2.24, 2.45) is 5.73 Å². The van der Waals surface area contributed by atoms with Crippen molar-refractivity contribution < 1.29 is 14.7 Å². The second-order valence-electron chi connectivity index (χ2n) is 5.04. The summed E-state index contributed by atoms with van der Waals surface area (Å²) < 4.78 is 0. The number of carbonyl (C=O) groups is 2. The van der Waals surface area contributed by atoms with Gasteiger partial charge >= 0.3 is 0 Å². The molecular weight excluding hydrogens is 316 g/mol. The molecule has 0 aliphatic heterocycles. The number of nitrogens with zero attached hydrogens (tertiary/aromatic N) is 1. The maximum atomic E-state index is 12.8. The van der Waals surface area contributed by atoms with Crippen LogP contribution in [0.4, 0.5) is 5.69 Å². The van der Waals surface area contributed by atoms with Crippen molar-refractivity contribution >= 4 is 29.1 Å². The lowest BCUT2D eigenvalue weighted by molar-refractivity contribution is 0.0987. The Labute approximate surface area is 139 Å². The van der Waals surface area contributed by atoms with E-state index in [0.717, 1.165) is 6.42 Å². The molecule has 0 fully saturated rings. The Morgan fingerprint density at radius 2 is 1.96 bits per heavy atom. The van der Waals surface area contributed by atoms with Crippen LogP contribution in [-0.2, 0) is 0 Å². The molecule has 2 amide bonds. The number of benzene rings is 2. The summed E-state index contributed by atoms with van der Waals surface area (Å²) in [7, 11) is 0. The van der Waals surface area contributed by atoms with Gasteiger partial charge in [-0.05, 0) is 36.8 Å². The number of carbonyl (C=O) groups excluding carboxylic acids is 2. The van der Waals surface area contributed by atoms with E-state index in [1.807, 2.05) is 6.92 Å². The molecule has 0 aromatic heterocycles. The number of primary amides is 1. The monoisotopic (exact) mass is 332 g/mol. The number of phenolic OH excluding ortho intramolecular Hbond substituents is 1. The summed E-state index contributed by atoms with van der Waals surface area (Å²) in [4.78, 5) is 25.7. The molecule has 3 N–H and O–H groups in total. The van der Waals surface area contributed by atoms with Gasteiger partial charge in [0.2, 0.25) is 5.91 Å². The second kappa shape index (κ2) is 7.15. The minimum atomic E-state index is -0.691. The predicted molar refractivity (Wildman–Crippen MR) is 90.0 cm³/mol. The average molecular weight is 333 g/mol. The summed E-state index contributed by atoms with van der Waals surface area (Å²) >= 11 is 5.92. The van der Waals surface area contributed by atoms with Crippen LogP contribution in [0.5, 0.6) is 5.75 Å². The second-order valence-corrected chi connectivity index (χ2v) is 5.44. The van der Waals surface area contributed by atoms with Gasteiger partial charge in [0.05, 0.1) is 10.6 Å². The fourth-order valence-electron chi connectivity index (χ4n) is 2.24. The molecule has 0 spiro atoms. The van der Waals surface area contributed by atoms with Gasteiger partial charge in [0.1, 0.15) is 5.75 Å². The van der Waals surface area contributed by atoms with Gasteiger partial charge < -0.3 is 15.7 Å². The normalized spacial score (nSPS) is 10.3. The third-order valence-corrected chi connectivity index (χ3v) is 3.64. The summed E-state index contributed by atoms with van der Waals surface area (Å²) in [5, 5.41) is 9.82. The first-order valence-corrected chi connectivity index (χ1v) is 7.52. The highest BCUT2D eigenvalue weighted by molar-refractivity contribution is 6.34. The van der Waals surface area contributed by atoms with Crippen LogP contribution in [-0.4, -0.2) is 23.5 Å². The number of aromatic hydroxyl groups is 1. The largest absolute Gasteiger partial charge is 0.508 e. The van der Waals surface area contributed by atoms with Crippen molar-refractivity contribution in [1.29, 1.82) is 0 Å². The molecule has 2 aromatic carbocycles. The summed E-state index contributed by atoms with van der Waals surface area (Å²) in [5.74, 6) is -0.911. The van der Waals surface area contributed by atoms with Gasteiger partial charge in [-0.15, -0.1) is 0 Å². The SMILES string of the molecule is CCCN(C(=O)c1ccc(Cl)c(C(N)=O)c1)c1cccc(O)c1. The van der Waals surface area contributed by atoms with Crippen molar-refractivity contribution in [2.45, 2.75) is 13.3 Å². The zero-order valence-corrected chi connectivity index (χ0v) is 13.4. The Morgan fingerprint density at radius 1 is 1.22 bits per heavy atom. The summed E-state index contributed by atoms with van der Waals surface area (Å²) in [6.07, 6.45) is 0.734. The van der Waals surface area contributed by atoms with Crippen LogP contribution in [0, 0.1) is 0 Å². The Bertz CT molecular complexity index is 746. The number of nitrogens with two attached hydrogens (primary N) is 1. The van der Waals surface area contributed by atoms with E-state index in [2.05, 4.69) is 0 Å². The molecule has 2 aromatic rings. The van der Waals surface area contributed by atoms with Crippen LogP contribution in [0.25, 0.3) is 0 Å². The average Bonchev–Trinajstić information content (AvgIpc) is 2.52. The molecule has 5 nitrogen and oxygen atoms in total. The summed E-state index contributed by atoms with van der Waals surface area (Å²) in [6, 6.07) is 10.8. The van der Waals surface area contributed by atoms with Gasteiger partial charge in [0.25, 0.3) is 5.91 Å². The molecule has 2 rings (SSSR count). The molecule has 0 saturated heterocycles. The molecular formula is C17H17ClN2O3. The number of amides is 2. The van der Waals surface area contributed by atoms with Gasteiger partial charge in [-0.1, -0.05) is 24.6 Å². The van der Waals surface area contributed by atoms with Gasteiger partial charge in [-0.3, -0.25) is 9.59 Å². The molecule has 120 valence electrons. The Kier molecular flexibility index (Phi) is 5.24. The van der Waals surface area contributed by atoms with Crippen molar-refractivity contribution in [1.82, 2.24) is 0 Å². The quantitative estimate of drug-likeness (QED) is 0.881. The molecule has 0 bridgehead atoms. The van der Waals surface area contributed by atoms with E-state index in [-0.39, 0.29) is 22.2 Å². The third-order valence-electron chi connectivity index (χ3n) is 3.31. The van der Waals surface area contributed by atoms with Gasteiger partial charge in [0.15, 0.2) is 0 Å². The van der Waals surface area contributed by atoms with E-state index >= 15 is 0 Å². The number of halogens is 1. The molecule has 0 heterocycles. The molecule has 0 aliphatic carbocycles. The Hall–Kier alpha value is -2.53. The first-order chi connectivity index (χ1) is 10.9. The van der Waals surface area contributed by atoms with Gasteiger partial charge in [0, 0.05) is 23.9 Å². The van der Waals surface area contributed by atoms with Crippen molar-refractivity contribution in [3.63, 3.8) is 0 Å². The van der Waals surface area contributed by atoms with Crippen LogP contribution in [0.2, 0.25) is 5.02 Å². The summed E-state index contributed by atoms with van der Waals surface area (Å²) in [5.41, 5.74) is 6.25. The lowest BCUT2D eigenvalue weighted by Crippen LogP contribution is -2.31. The molecule has 0 radical (unpaired) electrons. The number of hydrogen-bond acceptors (Lipinski definition) is 3. The van der Waals surface area contributed by atoms with Crippen molar-refractivity contribution in [2.75, 3.05) is 11.4 Å². The number of phenols is 1. The maximum absolute atomic E-state index is 12.8. The highest BCUT2D eigenvalue weighted by Gasteiger charge is 2.19. The van der Waals surface area contributed by atoms with Crippen LogP contribution in [0.15, 0.2) is 42.5 Å². The van der Waals surface area contributed by atoms with E-state index in [1.54, 1.807) is 18.2 Å². The zero-order chi connectivity index (χ0) is 17.0. The molecule has 0 aliphatic rings. The Balaban J connectivity index is 2.42. The van der Waals surface area contributed by atoms with Gasteiger partial charge in [-0.25, -0.2) is 0 Å². The van der Waals surface area contributed by atoms with E-state index in [0.29, 0.717) is 17.8 Å². The van der Waals surface area contributed by atoms with Crippen LogP contribution in [0.3, 0.4) is 0 Å². The van der Waals surface area contributed by atoms with Crippen molar-refractivity contribution in [3.05, 3.63) is 58.6 Å². The number of anilines is 1. The van der Waals surface area contributed by atoms with Crippen LogP contribution >= 0.6 is 11.6 Å². The highest BCUT2D eigenvalue weighted by Crippen LogP contribution is 2.24. The fourth-order valence-corrected chi connectivity index (χ4v) is 2.45. The van der Waals surface area contributed by atoms with E-state index < -0.39 is 5.91 Å². The molecule has 23 heavy (non-hydrogen) atoms. The van der Waals surface area contributed by atoms with Crippen LogP contribution < -0.4 is 10.6 Å². The molecule has 0 atom stereocenters. The minimum Gasteiger partial charge on any atom is -0.508 e. The van der Waals surface area contributed by atoms with Gasteiger partial charge in [-0.2, -0.15) is 0 Å². The van der Waals surface area contributed by atoms with E-state index in [4.69, 9.17) is 17.3 Å². The highest BCUT2D eigenvalue weighted by atomic mass is 35.5. The van der Waals surface area contributed by atoms with E-state index in [1.165, 1.54) is 29.2 Å². The lowest BCUT2D eigenvalue weighted by Gasteiger charge is -2.23. The predicted octanol–water partition coefficient (Wildman–Crippen LogP) is 3.20. The molecule has 0 unspecified atom stereocenters. The first kappa shape index (κ1) is 16.8. The maximum Gasteiger partial charge on any atom is 0.258 e. The lowest BCUT2D eigenvalue weighted by atomic mass is 10.1. The van der Waals surface area contributed by atoms with E-state index in [9.17, 15) is 14.7 Å². The first-order valence-electron chi connectivity index (χ1n) is 7.14. The van der Waals surface area contributed by atoms with Crippen molar-refractivity contribution in [3.8, 4) is 5.75 Å². The molecule has 6 heteroatoms. The Morgan fingerprint density at radius 3 is 2.57 bits per heavy atom. The number of rotatable bonds is 5. The van der Waals surface area contributed by atoms with Crippen LogP contribution in [0.1, 0.15) is 34.1 Å². The topological polar surface area (TPSA) is 83.6 Å². The minimum absolute atomic E-state index is 0.0744. The number of hydrogen-bond donors (Lipinski definition) is 2. The smallest absolute Gasteiger partial charge is 0.258 e. The zero-order valence-electron chi connectivity index (χ0n) is 12.6. The standard InChI is InChI=1S/C17H17ClN2O3/c1-2-8-20(12-4-3-5-13(21)10-12)17(23)11-6-7-15(18)14(9-11)16(19)22/h3-7,9-10,21H,2,8H2,1H3,(H2,19,22). The fraction of sp³-hybridized carbons (Fsp3) is 0.176.